The fraction of sp³-hybridized carbons (Fsp3) is 0.625. The molecular formula is C8H8F2O. The predicted molar refractivity (Wildman–Crippen MR) is 35.5 cm³/mol. The molecule has 0 N–H and O–H groups in total. The molecule has 0 aromatic carbocycles. The lowest BCUT2D eigenvalue weighted by molar-refractivity contribution is -0.134. The highest BCUT2D eigenvalue weighted by atomic mass is 19.1. The van der Waals surface area contributed by atoms with Crippen LogP contribution in [0.15, 0.2) is 12.2 Å². The zero-order chi connectivity index (χ0) is 8.01. The Morgan fingerprint density at radius 3 is 2.09 bits per heavy atom. The molecular weight excluding hydrogens is 150 g/mol. The molecule has 4 atom stereocenters. The van der Waals surface area contributed by atoms with Crippen molar-refractivity contribution >= 4 is 5.78 Å². The van der Waals surface area contributed by atoms with Gasteiger partial charge in [0.15, 0.2) is 12.3 Å². The lowest BCUT2D eigenvalue weighted by atomic mass is 9.84. The fourth-order valence-corrected chi connectivity index (χ4v) is 1.76. The van der Waals surface area contributed by atoms with Gasteiger partial charge in [0.1, 0.15) is 0 Å². The van der Waals surface area contributed by atoms with Gasteiger partial charge in [-0.25, -0.2) is 8.78 Å². The number of fused-ring (bicyclic) bond motifs is 2. The van der Waals surface area contributed by atoms with E-state index in [9.17, 15) is 13.6 Å². The van der Waals surface area contributed by atoms with E-state index in [0.717, 1.165) is 0 Å². The standard InChI is InChI=1S/C8H8F2O/c9-6-4-1-2-5(3-4)7(10)8(6)11/h1-2,4-7H,3H2/t4-,5+,6-,7+. The summed E-state index contributed by atoms with van der Waals surface area (Å²) in [6.45, 7) is 0. The third kappa shape index (κ3) is 0.832. The van der Waals surface area contributed by atoms with Gasteiger partial charge in [0.2, 0.25) is 5.78 Å². The molecule has 2 bridgehead atoms. The van der Waals surface area contributed by atoms with Crippen LogP contribution in [-0.4, -0.2) is 18.1 Å². The number of allylic oxidation sites excluding steroid dienone is 2. The highest BCUT2D eigenvalue weighted by Crippen LogP contribution is 2.37. The third-order valence-corrected chi connectivity index (χ3v) is 2.45. The summed E-state index contributed by atoms with van der Waals surface area (Å²) in [6, 6.07) is 0. The molecule has 0 saturated heterocycles. The van der Waals surface area contributed by atoms with Gasteiger partial charge in [-0.2, -0.15) is 0 Å². The Hall–Kier alpha value is -0.730. The molecule has 0 amide bonds. The van der Waals surface area contributed by atoms with Crippen LogP contribution < -0.4 is 0 Å². The van der Waals surface area contributed by atoms with Gasteiger partial charge < -0.3 is 0 Å². The van der Waals surface area contributed by atoms with Gasteiger partial charge in [0.25, 0.3) is 0 Å². The number of carbonyl (C=O) groups excluding carboxylic acids is 1. The first-order valence-corrected chi connectivity index (χ1v) is 3.70. The Kier molecular flexibility index (Phi) is 1.34. The molecule has 0 unspecified atom stereocenters. The highest BCUT2D eigenvalue weighted by Gasteiger charge is 2.45. The van der Waals surface area contributed by atoms with Crippen LogP contribution in [0.25, 0.3) is 0 Å². The topological polar surface area (TPSA) is 17.1 Å². The maximum atomic E-state index is 12.9. The van der Waals surface area contributed by atoms with Gasteiger partial charge in [-0.3, -0.25) is 4.79 Å². The van der Waals surface area contributed by atoms with Gasteiger partial charge in [-0.05, 0) is 6.42 Å². The van der Waals surface area contributed by atoms with Crippen molar-refractivity contribution in [1.82, 2.24) is 0 Å². The summed E-state index contributed by atoms with van der Waals surface area (Å²) < 4.78 is 25.8. The first kappa shape index (κ1) is 6.95. The minimum atomic E-state index is -1.60. The van der Waals surface area contributed by atoms with E-state index in [-0.39, 0.29) is 11.8 Å². The van der Waals surface area contributed by atoms with Crippen LogP contribution in [0.1, 0.15) is 6.42 Å². The molecule has 0 aliphatic heterocycles. The smallest absolute Gasteiger partial charge is 0.202 e. The summed E-state index contributed by atoms with van der Waals surface area (Å²) in [5.74, 6) is -1.56. The number of carbonyl (C=O) groups is 1. The maximum Gasteiger partial charge on any atom is 0.202 e. The first-order chi connectivity index (χ1) is 5.20. The summed E-state index contributed by atoms with van der Waals surface area (Å²) in [5.41, 5.74) is 0. The Morgan fingerprint density at radius 1 is 1.18 bits per heavy atom. The molecule has 60 valence electrons. The number of hydrogen-bond acceptors (Lipinski definition) is 1. The molecule has 11 heavy (non-hydrogen) atoms. The van der Waals surface area contributed by atoms with Gasteiger partial charge in [0, 0.05) is 11.8 Å². The summed E-state index contributed by atoms with van der Waals surface area (Å²) in [6.07, 6.45) is 0.508. The van der Waals surface area contributed by atoms with E-state index in [1.54, 1.807) is 12.2 Å². The maximum absolute atomic E-state index is 12.9. The van der Waals surface area contributed by atoms with E-state index in [1.165, 1.54) is 0 Å². The number of Topliss-reactive ketones (excluding diaryl/α,β-unsaturated/α-hetero) is 1. The Morgan fingerprint density at radius 2 is 1.64 bits per heavy atom. The number of ketones is 1. The number of rotatable bonds is 0. The first-order valence-electron chi connectivity index (χ1n) is 3.70. The minimum absolute atomic E-state index is 0.348. The molecule has 0 aromatic heterocycles. The van der Waals surface area contributed by atoms with E-state index in [2.05, 4.69) is 0 Å². The highest BCUT2D eigenvalue weighted by molar-refractivity contribution is 5.89. The van der Waals surface area contributed by atoms with Crippen molar-refractivity contribution in [2.24, 2.45) is 11.8 Å². The predicted octanol–water partition coefficient (Wildman–Crippen LogP) is 1.44. The number of alkyl halides is 2. The van der Waals surface area contributed by atoms with Gasteiger partial charge >= 0.3 is 0 Å². The van der Waals surface area contributed by atoms with Crippen LogP contribution in [0.3, 0.4) is 0 Å². The van der Waals surface area contributed by atoms with Crippen LogP contribution in [-0.2, 0) is 4.79 Å². The third-order valence-electron chi connectivity index (χ3n) is 2.45. The van der Waals surface area contributed by atoms with Crippen molar-refractivity contribution in [3.05, 3.63) is 12.2 Å². The molecule has 0 heterocycles. The molecule has 1 fully saturated rings. The molecule has 3 heteroatoms. The van der Waals surface area contributed by atoms with E-state index < -0.39 is 18.1 Å². The van der Waals surface area contributed by atoms with Crippen LogP contribution in [0.4, 0.5) is 8.78 Å². The quantitative estimate of drug-likeness (QED) is 0.487. The second kappa shape index (κ2) is 2.13. The van der Waals surface area contributed by atoms with E-state index >= 15 is 0 Å². The monoisotopic (exact) mass is 158 g/mol. The lowest BCUT2D eigenvalue weighted by Crippen LogP contribution is -2.39. The zero-order valence-corrected chi connectivity index (χ0v) is 5.84. The minimum Gasteiger partial charge on any atom is -0.293 e. The van der Waals surface area contributed by atoms with E-state index in [0.29, 0.717) is 6.42 Å². The lowest BCUT2D eigenvalue weighted by Gasteiger charge is -2.24. The van der Waals surface area contributed by atoms with Crippen molar-refractivity contribution in [1.29, 1.82) is 0 Å². The number of hydrogen-bond donors (Lipinski definition) is 0. The van der Waals surface area contributed by atoms with E-state index in [1.807, 2.05) is 0 Å². The largest absolute Gasteiger partial charge is 0.293 e. The summed E-state index contributed by atoms with van der Waals surface area (Å²) >= 11 is 0. The molecule has 2 aliphatic rings. The van der Waals surface area contributed by atoms with E-state index in [4.69, 9.17) is 0 Å². The molecule has 1 saturated carbocycles. The molecule has 0 radical (unpaired) electrons. The molecule has 1 nitrogen and oxygen atoms in total. The normalized spacial score (nSPS) is 48.4. The SMILES string of the molecule is O=C1[C@@H](F)[C@H]2C=C[C@H](C2)[C@H]1F. The Bertz CT molecular complexity index is 204. The second-order valence-electron chi connectivity index (χ2n) is 3.15. The average Bonchev–Trinajstić information content (AvgIpc) is 2.44. The Balaban J connectivity index is 2.29. The van der Waals surface area contributed by atoms with Gasteiger partial charge in [-0.15, -0.1) is 0 Å². The van der Waals surface area contributed by atoms with Crippen molar-refractivity contribution in [3.63, 3.8) is 0 Å². The molecule has 0 spiro atoms. The fourth-order valence-electron chi connectivity index (χ4n) is 1.76. The molecule has 0 aromatic rings. The van der Waals surface area contributed by atoms with Gasteiger partial charge in [0.05, 0.1) is 0 Å². The zero-order valence-electron chi connectivity index (χ0n) is 5.84. The van der Waals surface area contributed by atoms with Gasteiger partial charge in [-0.1, -0.05) is 12.2 Å². The average molecular weight is 158 g/mol. The number of halogens is 2. The summed E-state index contributed by atoms with van der Waals surface area (Å²) in [4.78, 5) is 10.8. The Labute approximate surface area is 63.1 Å². The van der Waals surface area contributed by atoms with Crippen molar-refractivity contribution in [2.75, 3.05) is 0 Å². The van der Waals surface area contributed by atoms with Crippen LogP contribution in [0, 0.1) is 11.8 Å². The second-order valence-corrected chi connectivity index (χ2v) is 3.15. The molecule has 2 aliphatic carbocycles. The van der Waals surface area contributed by atoms with Crippen molar-refractivity contribution in [3.8, 4) is 0 Å². The van der Waals surface area contributed by atoms with Crippen LogP contribution in [0.5, 0.6) is 0 Å². The van der Waals surface area contributed by atoms with Crippen LogP contribution in [0.2, 0.25) is 0 Å². The van der Waals surface area contributed by atoms with Crippen molar-refractivity contribution in [2.45, 2.75) is 18.8 Å². The molecule has 2 rings (SSSR count). The summed E-state index contributed by atoms with van der Waals surface area (Å²) in [7, 11) is 0. The van der Waals surface area contributed by atoms with Crippen LogP contribution >= 0.6 is 0 Å². The summed E-state index contributed by atoms with van der Waals surface area (Å²) in [5, 5.41) is 0. The van der Waals surface area contributed by atoms with Crippen molar-refractivity contribution < 1.29 is 13.6 Å².